The molecule has 30 heavy (non-hydrogen) atoms. The van der Waals surface area contributed by atoms with Crippen molar-refractivity contribution in [3.63, 3.8) is 0 Å². The van der Waals surface area contributed by atoms with Gasteiger partial charge in [0.25, 0.3) is 5.91 Å². The zero-order chi connectivity index (χ0) is 20.9. The molecule has 0 aliphatic rings. The minimum Gasteiger partial charge on any atom is -0.284 e. The van der Waals surface area contributed by atoms with Crippen molar-refractivity contribution in [1.82, 2.24) is 5.27 Å². The summed E-state index contributed by atoms with van der Waals surface area (Å²) >= 11 is 0. The van der Waals surface area contributed by atoms with Crippen molar-refractivity contribution in [3.8, 4) is 0 Å². The molecule has 0 atom stereocenters. The van der Waals surface area contributed by atoms with Gasteiger partial charge in [-0.3, -0.25) is 14.6 Å². The van der Waals surface area contributed by atoms with Gasteiger partial charge in [0.05, 0.1) is 26.8 Å². The first-order valence-corrected chi connectivity index (χ1v) is 10.9. The number of amides is 1. The molecule has 1 aromatic heterocycles. The highest BCUT2D eigenvalue weighted by atomic mass is 31.1. The maximum atomic E-state index is 12.8. The lowest BCUT2D eigenvalue weighted by Crippen LogP contribution is -2.63. The molecule has 0 spiro atoms. The number of nitrogens with one attached hydrogen (secondary N) is 1. The highest BCUT2D eigenvalue weighted by Gasteiger charge is 2.37. The van der Waals surface area contributed by atoms with Crippen molar-refractivity contribution in [2.45, 2.75) is 0 Å². The van der Waals surface area contributed by atoms with Crippen molar-refractivity contribution >= 4 is 35.8 Å². The molecule has 0 saturated carbocycles. The van der Waals surface area contributed by atoms with Gasteiger partial charge in [0, 0.05) is 5.56 Å². The van der Waals surface area contributed by atoms with Crippen LogP contribution in [0.4, 0.5) is 5.88 Å². The molecule has 1 heterocycles. The van der Waals surface area contributed by atoms with Gasteiger partial charge >= 0.3 is 11.3 Å². The Kier molecular flexibility index (Phi) is 5.87. The van der Waals surface area contributed by atoms with Crippen LogP contribution in [0.15, 0.2) is 95.5 Å². The fourth-order valence-corrected chi connectivity index (χ4v) is 5.52. The average Bonchev–Trinajstić information content (AvgIpc) is 3.19. The van der Waals surface area contributed by atoms with Crippen LogP contribution in [0.5, 0.6) is 0 Å². The monoisotopic (exact) mass is 417 g/mol. The Morgan fingerprint density at radius 3 is 1.87 bits per heavy atom. The molecule has 0 radical (unpaired) electrons. The molecule has 4 rings (SSSR count). The second kappa shape index (κ2) is 8.89. The van der Waals surface area contributed by atoms with E-state index in [1.165, 1.54) is 0 Å². The van der Waals surface area contributed by atoms with Crippen LogP contribution in [0.2, 0.25) is 0 Å². The van der Waals surface area contributed by atoms with Crippen LogP contribution in [0.3, 0.4) is 0 Å². The summed E-state index contributed by atoms with van der Waals surface area (Å²) in [7, 11) is 2.74. The summed E-state index contributed by atoms with van der Waals surface area (Å²) in [5.74, 6) is 0.103. The molecule has 0 saturated heterocycles. The molecule has 0 unspecified atom stereocenters. The van der Waals surface area contributed by atoms with Crippen LogP contribution in [-0.4, -0.2) is 25.3 Å². The van der Waals surface area contributed by atoms with Crippen molar-refractivity contribution in [2.24, 2.45) is 0 Å². The number of anilines is 1. The summed E-state index contributed by atoms with van der Waals surface area (Å²) in [4.78, 5) is 14.5. The van der Waals surface area contributed by atoms with E-state index in [9.17, 15) is 4.79 Å². The first kappa shape index (κ1) is 19.8. The Morgan fingerprint density at radius 1 is 0.867 bits per heavy atom. The van der Waals surface area contributed by atoms with Gasteiger partial charge < -0.3 is 0 Å². The highest BCUT2D eigenvalue weighted by molar-refractivity contribution is 7.79. The number of hydrogen-bond donors (Lipinski definition) is 1. The minimum absolute atomic E-state index is 0.241. The predicted octanol–water partition coefficient (Wildman–Crippen LogP) is 2.17. The van der Waals surface area contributed by atoms with Gasteiger partial charge in [0.2, 0.25) is 5.27 Å². The largest absolute Gasteiger partial charge is 0.336 e. The van der Waals surface area contributed by atoms with Crippen LogP contribution in [-0.2, 0) is 0 Å². The number of hydrogen-bond acceptors (Lipinski definition) is 4. The Balaban J connectivity index is 1.84. The van der Waals surface area contributed by atoms with E-state index in [-0.39, 0.29) is 5.91 Å². The molecule has 150 valence electrons. The number of carbonyl (C=O) groups is 1. The van der Waals surface area contributed by atoms with Crippen LogP contribution < -0.4 is 31.2 Å². The molecule has 0 aliphatic carbocycles. The van der Waals surface area contributed by atoms with Gasteiger partial charge in [-0.25, -0.2) is 0 Å². The van der Waals surface area contributed by atoms with E-state index in [4.69, 9.17) is 4.52 Å². The zero-order valence-corrected chi connectivity index (χ0v) is 17.7. The molecular weight excluding hydrogens is 395 g/mol. The molecular formula is C23H22N4O2P+. The van der Waals surface area contributed by atoms with E-state index in [0.29, 0.717) is 11.4 Å². The average molecular weight is 417 g/mol. The number of nitrogens with zero attached hydrogens (tertiary/aromatic N) is 3. The van der Waals surface area contributed by atoms with Crippen molar-refractivity contribution in [2.75, 3.05) is 24.4 Å². The van der Waals surface area contributed by atoms with Crippen LogP contribution in [0.25, 0.3) is 0 Å². The minimum atomic E-state index is -1.03. The zero-order valence-electron chi connectivity index (χ0n) is 16.8. The third-order valence-corrected chi connectivity index (χ3v) is 6.92. The Hall–Kier alpha value is -3.50. The molecule has 6 nitrogen and oxygen atoms in total. The van der Waals surface area contributed by atoms with Crippen molar-refractivity contribution in [3.05, 3.63) is 96.6 Å². The molecule has 0 bridgehead atoms. The summed E-state index contributed by atoms with van der Waals surface area (Å²) in [6.45, 7) is 0. The summed E-state index contributed by atoms with van der Waals surface area (Å²) < 4.78 is 5.63. The molecule has 1 N–H and O–H groups in total. The summed E-state index contributed by atoms with van der Waals surface area (Å²) in [6, 6.07) is 29.5. The maximum absolute atomic E-state index is 12.8. The topological polar surface area (TPSA) is 62.3 Å². The standard InChI is InChI=1S/C23H21N4O2P/c1-26(2)27-23(22(29-25-27)24-21(28)18-12-6-3-7-13-18)30(19-14-8-4-9-15-19)20-16-10-5-11-17-20/h3-17H,1-2H3/p+1. The van der Waals surface area contributed by atoms with Gasteiger partial charge in [-0.2, -0.15) is 5.01 Å². The molecule has 0 aliphatic heterocycles. The molecule has 0 fully saturated rings. The molecule has 4 aromatic rings. The molecule has 1 amide bonds. The van der Waals surface area contributed by atoms with E-state index in [1.54, 1.807) is 16.9 Å². The van der Waals surface area contributed by atoms with Crippen molar-refractivity contribution in [1.29, 1.82) is 0 Å². The van der Waals surface area contributed by atoms with Gasteiger partial charge in [-0.05, 0) is 22.7 Å². The Labute approximate surface area is 176 Å². The van der Waals surface area contributed by atoms with Gasteiger partial charge in [-0.15, -0.1) is 0 Å². The van der Waals surface area contributed by atoms with Crippen LogP contribution >= 0.6 is 7.92 Å². The second-order valence-corrected chi connectivity index (χ2v) is 8.92. The number of rotatable bonds is 6. The van der Waals surface area contributed by atoms with E-state index >= 15 is 0 Å². The maximum Gasteiger partial charge on any atom is 0.336 e. The summed E-state index contributed by atoms with van der Waals surface area (Å²) in [6.07, 6.45) is 0. The van der Waals surface area contributed by atoms with Gasteiger partial charge in [-0.1, -0.05) is 78.9 Å². The second-order valence-electron chi connectivity index (χ2n) is 6.79. The highest BCUT2D eigenvalue weighted by Crippen LogP contribution is 2.34. The SMILES string of the molecule is CN(C)[n+]1noc(NC(=O)c2ccccc2)c1P(c1ccccc1)c1ccccc1. The normalized spacial score (nSPS) is 10.8. The number of carbonyl (C=O) groups excluding carboxylic acids is 1. The number of aromatic nitrogens is 2. The fraction of sp³-hybridized carbons (Fsp3) is 0.0870. The van der Waals surface area contributed by atoms with E-state index in [2.05, 4.69) is 34.9 Å². The van der Waals surface area contributed by atoms with Crippen molar-refractivity contribution < 1.29 is 14.1 Å². The van der Waals surface area contributed by atoms with E-state index in [1.807, 2.05) is 73.7 Å². The Bertz CT molecular complexity index is 1080. The van der Waals surface area contributed by atoms with Gasteiger partial charge in [0.15, 0.2) is 0 Å². The predicted molar refractivity (Wildman–Crippen MR) is 120 cm³/mol. The van der Waals surface area contributed by atoms with Crippen LogP contribution in [0, 0.1) is 0 Å². The lowest BCUT2D eigenvalue weighted by atomic mass is 10.2. The third-order valence-electron chi connectivity index (χ3n) is 4.48. The smallest absolute Gasteiger partial charge is 0.284 e. The summed E-state index contributed by atoms with van der Waals surface area (Å²) in [5, 5.41) is 11.2. The first-order chi connectivity index (χ1) is 14.6. The lowest BCUT2D eigenvalue weighted by molar-refractivity contribution is -0.737. The molecule has 3 aromatic carbocycles. The van der Waals surface area contributed by atoms with Crippen LogP contribution in [0.1, 0.15) is 10.4 Å². The van der Waals surface area contributed by atoms with E-state index < -0.39 is 7.92 Å². The van der Waals surface area contributed by atoms with Gasteiger partial charge in [0.1, 0.15) is 0 Å². The fourth-order valence-electron chi connectivity index (χ4n) is 3.09. The summed E-state index contributed by atoms with van der Waals surface area (Å²) in [5.41, 5.74) is 1.36. The third kappa shape index (κ3) is 4.09. The quantitative estimate of drug-likeness (QED) is 0.386. The van der Waals surface area contributed by atoms with E-state index in [0.717, 1.165) is 16.0 Å². The Morgan fingerprint density at radius 2 is 1.37 bits per heavy atom. The molecule has 7 heteroatoms. The number of benzene rings is 3. The first-order valence-electron chi connectivity index (χ1n) is 9.51. The lowest BCUT2D eigenvalue weighted by Gasteiger charge is -2.15.